The van der Waals surface area contributed by atoms with E-state index in [9.17, 15) is 19.8 Å². The number of carbonyl (C=O) groups is 2. The van der Waals surface area contributed by atoms with Crippen LogP contribution in [0.5, 0.6) is 0 Å². The number of ether oxygens (including phenoxy) is 3. The molecule has 7 heteroatoms. The molecule has 0 aromatic carbocycles. The van der Waals surface area contributed by atoms with Crippen molar-refractivity contribution in [3.63, 3.8) is 0 Å². The Hall–Kier alpha value is -1.44. The minimum absolute atomic E-state index is 0.00164. The number of aliphatic hydroxyl groups excluding tert-OH is 2. The van der Waals surface area contributed by atoms with Crippen LogP contribution in [-0.4, -0.2) is 59.8 Å². The van der Waals surface area contributed by atoms with Gasteiger partial charge in [0.05, 0.1) is 6.61 Å². The molecule has 0 heterocycles. The summed E-state index contributed by atoms with van der Waals surface area (Å²) in [4.78, 5) is 24.1. The van der Waals surface area contributed by atoms with Crippen molar-refractivity contribution in [1.29, 1.82) is 0 Å². The van der Waals surface area contributed by atoms with Gasteiger partial charge >= 0.3 is 11.9 Å². The molecule has 0 radical (unpaired) electrons. The third kappa shape index (κ3) is 4.00. The van der Waals surface area contributed by atoms with Gasteiger partial charge < -0.3 is 24.4 Å². The molecule has 5 rings (SSSR count). The molecule has 40 heavy (non-hydrogen) atoms. The minimum atomic E-state index is -1.17. The normalized spacial score (nSPS) is 49.4. The summed E-state index contributed by atoms with van der Waals surface area (Å²) >= 11 is 0. The van der Waals surface area contributed by atoms with E-state index >= 15 is 0 Å². The summed E-state index contributed by atoms with van der Waals surface area (Å²) in [7, 11) is 1.54. The summed E-state index contributed by atoms with van der Waals surface area (Å²) in [6, 6.07) is 0. The number of allylic oxidation sites excluding steroid dienone is 2. The molecule has 5 aliphatic carbocycles. The van der Waals surface area contributed by atoms with Gasteiger partial charge in [0.2, 0.25) is 0 Å². The lowest BCUT2D eigenvalue weighted by Gasteiger charge is -2.70. The van der Waals surface area contributed by atoms with Crippen LogP contribution in [0.1, 0.15) is 99.8 Å². The molecule has 0 bridgehead atoms. The Morgan fingerprint density at radius 1 is 0.950 bits per heavy atom. The Morgan fingerprint density at radius 3 is 2.23 bits per heavy atom. The maximum Gasteiger partial charge on any atom is 0.303 e. The quantitative estimate of drug-likeness (QED) is 0.359. The van der Waals surface area contributed by atoms with Crippen molar-refractivity contribution < 1.29 is 34.0 Å². The van der Waals surface area contributed by atoms with E-state index in [0.717, 1.165) is 44.9 Å². The van der Waals surface area contributed by atoms with Gasteiger partial charge in [-0.1, -0.05) is 46.3 Å². The van der Waals surface area contributed by atoms with Crippen molar-refractivity contribution >= 4 is 11.9 Å². The highest BCUT2D eigenvalue weighted by molar-refractivity contribution is 5.66. The van der Waals surface area contributed by atoms with Crippen molar-refractivity contribution in [2.75, 3.05) is 13.7 Å². The predicted octanol–water partition coefficient (Wildman–Crippen LogP) is 5.21. The Kier molecular flexibility index (Phi) is 7.36. The topological polar surface area (TPSA) is 102 Å². The fourth-order valence-electron chi connectivity index (χ4n) is 11.3. The average Bonchev–Trinajstić information content (AvgIpc) is 2.87. The Labute approximate surface area is 240 Å². The second-order valence-electron chi connectivity index (χ2n) is 15.2. The third-order valence-corrected chi connectivity index (χ3v) is 13.5. The lowest BCUT2D eigenvalue weighted by Crippen LogP contribution is -2.67. The van der Waals surface area contributed by atoms with E-state index in [1.807, 2.05) is 0 Å². The summed E-state index contributed by atoms with van der Waals surface area (Å²) in [5, 5.41) is 21.8. The minimum Gasteiger partial charge on any atom is -0.462 e. The first-order chi connectivity index (χ1) is 18.6. The molecule has 0 unspecified atom stereocenters. The van der Waals surface area contributed by atoms with Crippen molar-refractivity contribution in [3.8, 4) is 0 Å². The SMILES string of the molecule is CO[C@]1(CO)C[C@H]2C3=CC[C@@H]4[C@@]5(C)CC[C@@H](OC(C)=O)C(C)(C)[C@@H]5CC[C@@]4(C)[C@]3(C)CC[C@H]2[C@@H](OC(C)=O)[C@H]1O. The lowest BCUT2D eigenvalue weighted by atomic mass is 9.34. The summed E-state index contributed by atoms with van der Waals surface area (Å²) in [6.45, 7) is 14.7. The molecule has 11 atom stereocenters. The molecule has 0 spiro atoms. The second-order valence-corrected chi connectivity index (χ2v) is 15.2. The van der Waals surface area contributed by atoms with Crippen molar-refractivity contribution in [3.05, 3.63) is 11.6 Å². The van der Waals surface area contributed by atoms with E-state index in [4.69, 9.17) is 14.2 Å². The number of aliphatic hydroxyl groups is 2. The van der Waals surface area contributed by atoms with E-state index in [-0.39, 0.29) is 52.2 Å². The van der Waals surface area contributed by atoms with Gasteiger partial charge in [-0.25, -0.2) is 0 Å². The van der Waals surface area contributed by atoms with Gasteiger partial charge in [0.15, 0.2) is 0 Å². The van der Waals surface area contributed by atoms with Crippen LogP contribution in [0.3, 0.4) is 0 Å². The van der Waals surface area contributed by atoms with Gasteiger partial charge in [0.25, 0.3) is 0 Å². The number of methoxy groups -OCH3 is 1. The predicted molar refractivity (Wildman–Crippen MR) is 151 cm³/mol. The fraction of sp³-hybridized carbons (Fsp3) is 0.879. The van der Waals surface area contributed by atoms with Crippen LogP contribution in [0.25, 0.3) is 0 Å². The number of rotatable bonds is 4. The molecular weight excluding hydrogens is 508 g/mol. The molecule has 4 saturated carbocycles. The molecule has 0 aromatic heterocycles. The maximum absolute atomic E-state index is 12.1. The second kappa shape index (κ2) is 9.80. The van der Waals surface area contributed by atoms with Gasteiger partial charge in [-0.15, -0.1) is 0 Å². The zero-order valence-electron chi connectivity index (χ0n) is 25.9. The smallest absolute Gasteiger partial charge is 0.303 e. The highest BCUT2D eigenvalue weighted by Crippen LogP contribution is 2.74. The van der Waals surface area contributed by atoms with Gasteiger partial charge in [0, 0.05) is 32.3 Å². The summed E-state index contributed by atoms with van der Waals surface area (Å²) in [6.07, 6.45) is 8.21. The molecule has 7 nitrogen and oxygen atoms in total. The number of carbonyl (C=O) groups excluding carboxylic acids is 2. The molecule has 0 aromatic rings. The number of fused-ring (bicyclic) bond motifs is 7. The molecule has 226 valence electrons. The van der Waals surface area contributed by atoms with Gasteiger partial charge in [-0.3, -0.25) is 9.59 Å². The Bertz CT molecular complexity index is 1060. The standard InChI is InChI=1S/C33H52O7/c1-19(35)39-26-13-14-30(5)24(29(26,3)4)12-16-32(7)25(30)10-9-23-22-17-33(18-34,38-8)28(37)27(40-20(2)36)21(22)11-15-31(23,32)6/h9,21-22,24-28,34,37H,10-18H2,1-8H3/t21-,22-,24+,25-,26-,27-,28-,30+,31-,32-,33+/m1/s1. The van der Waals surface area contributed by atoms with E-state index in [1.165, 1.54) is 26.5 Å². The first-order valence-electron chi connectivity index (χ1n) is 15.5. The number of hydrogen-bond donors (Lipinski definition) is 2. The van der Waals surface area contributed by atoms with Crippen molar-refractivity contribution in [2.24, 2.45) is 45.3 Å². The molecule has 2 N–H and O–H groups in total. The molecule has 4 fully saturated rings. The van der Waals surface area contributed by atoms with E-state index < -0.39 is 23.8 Å². The summed E-state index contributed by atoms with van der Waals surface area (Å²) in [5.41, 5.74) is 0.342. The first-order valence-corrected chi connectivity index (χ1v) is 15.5. The molecular formula is C33H52O7. The van der Waals surface area contributed by atoms with Crippen LogP contribution >= 0.6 is 0 Å². The van der Waals surface area contributed by atoms with Gasteiger partial charge in [-0.05, 0) is 85.4 Å². The van der Waals surface area contributed by atoms with Crippen molar-refractivity contribution in [1.82, 2.24) is 0 Å². The number of esters is 2. The van der Waals surface area contributed by atoms with E-state index in [0.29, 0.717) is 18.3 Å². The highest BCUT2D eigenvalue weighted by atomic mass is 16.6. The molecule has 0 aliphatic heterocycles. The van der Waals surface area contributed by atoms with Crippen LogP contribution in [-0.2, 0) is 23.8 Å². The molecule has 0 amide bonds. The Balaban J connectivity index is 1.53. The highest BCUT2D eigenvalue weighted by Gasteiger charge is 2.69. The van der Waals surface area contributed by atoms with Crippen LogP contribution < -0.4 is 0 Å². The van der Waals surface area contributed by atoms with E-state index in [1.54, 1.807) is 0 Å². The average molecular weight is 561 g/mol. The lowest BCUT2D eigenvalue weighted by molar-refractivity contribution is -0.236. The largest absolute Gasteiger partial charge is 0.462 e. The zero-order chi connectivity index (χ0) is 29.5. The van der Waals surface area contributed by atoms with Gasteiger partial charge in [0.1, 0.15) is 23.9 Å². The summed E-state index contributed by atoms with van der Waals surface area (Å²) in [5.74, 6) is 0.446. The zero-order valence-corrected chi connectivity index (χ0v) is 25.9. The first kappa shape index (κ1) is 30.0. The van der Waals surface area contributed by atoms with Crippen LogP contribution in [0.15, 0.2) is 11.6 Å². The van der Waals surface area contributed by atoms with Crippen LogP contribution in [0.4, 0.5) is 0 Å². The van der Waals surface area contributed by atoms with Crippen molar-refractivity contribution in [2.45, 2.75) is 124 Å². The number of hydrogen-bond acceptors (Lipinski definition) is 7. The third-order valence-electron chi connectivity index (χ3n) is 13.5. The van der Waals surface area contributed by atoms with Gasteiger partial charge in [-0.2, -0.15) is 0 Å². The van der Waals surface area contributed by atoms with Crippen LogP contribution in [0, 0.1) is 45.3 Å². The Morgan fingerprint density at radius 2 is 1.62 bits per heavy atom. The fourth-order valence-corrected chi connectivity index (χ4v) is 11.3. The molecule has 5 aliphatic rings. The summed E-state index contributed by atoms with van der Waals surface area (Å²) < 4.78 is 17.5. The van der Waals surface area contributed by atoms with E-state index in [2.05, 4.69) is 40.7 Å². The monoisotopic (exact) mass is 560 g/mol. The molecule has 0 saturated heterocycles. The van der Waals surface area contributed by atoms with Crippen LogP contribution in [0.2, 0.25) is 0 Å². The maximum atomic E-state index is 12.1.